The summed E-state index contributed by atoms with van der Waals surface area (Å²) in [6.07, 6.45) is 0.660. The van der Waals surface area contributed by atoms with Gasteiger partial charge in [0.25, 0.3) is 0 Å². The Morgan fingerprint density at radius 2 is 1.68 bits per heavy atom. The second kappa shape index (κ2) is 8.89. The molecule has 9 heteroatoms. The maximum Gasteiger partial charge on any atom is 0.221 e. The molecule has 5 nitrogen and oxygen atoms in total. The van der Waals surface area contributed by atoms with Crippen LogP contribution in [0.25, 0.3) is 0 Å². The molecule has 2 N–H and O–H groups in total. The summed E-state index contributed by atoms with van der Waals surface area (Å²) < 4.78 is 1.17. The Hall–Kier alpha value is -1.41. The molecule has 0 aromatic carbocycles. The van der Waals surface area contributed by atoms with Gasteiger partial charge >= 0.3 is 0 Å². The summed E-state index contributed by atoms with van der Waals surface area (Å²) in [6.45, 7) is 2.84. The standard InChI is InChI=1S/C7H6ClNO2S.C6H6ClNOS/c1-4(11)9-7-5(3-10)2-6(8)12-7;1-4(9)8-6-3-2-5(7)10-6/h2-3H,1H3,(H,9,11);2-3H,1H3,(H,8,9). The van der Waals surface area contributed by atoms with Gasteiger partial charge < -0.3 is 10.6 Å². The second-order valence-electron chi connectivity index (χ2n) is 3.92. The lowest BCUT2D eigenvalue weighted by atomic mass is 10.3. The molecule has 0 fully saturated rings. The van der Waals surface area contributed by atoms with E-state index in [4.69, 9.17) is 23.2 Å². The lowest BCUT2D eigenvalue weighted by Gasteiger charge is -1.96. The fourth-order valence-electron chi connectivity index (χ4n) is 1.27. The van der Waals surface area contributed by atoms with Crippen LogP contribution in [-0.2, 0) is 9.59 Å². The molecule has 2 aromatic rings. The molecule has 0 aliphatic rings. The predicted molar refractivity (Wildman–Crippen MR) is 92.7 cm³/mol. The number of aldehydes is 1. The summed E-state index contributed by atoms with van der Waals surface area (Å²) in [4.78, 5) is 31.5. The van der Waals surface area contributed by atoms with Crippen molar-refractivity contribution in [2.75, 3.05) is 10.6 Å². The van der Waals surface area contributed by atoms with E-state index in [0.717, 1.165) is 5.00 Å². The molecule has 2 rings (SSSR count). The highest BCUT2D eigenvalue weighted by molar-refractivity contribution is 7.20. The molecule has 0 aliphatic carbocycles. The summed E-state index contributed by atoms with van der Waals surface area (Å²) in [5.41, 5.74) is 0.417. The molecule has 2 aromatic heterocycles. The quantitative estimate of drug-likeness (QED) is 0.770. The summed E-state index contributed by atoms with van der Waals surface area (Å²) in [5, 5.41) is 6.42. The van der Waals surface area contributed by atoms with E-state index in [0.29, 0.717) is 25.5 Å². The smallest absolute Gasteiger partial charge is 0.221 e. The molecular formula is C13H12Cl2N2O3S2. The summed E-state index contributed by atoms with van der Waals surface area (Å²) in [7, 11) is 0. The van der Waals surface area contributed by atoms with Crippen molar-refractivity contribution in [1.82, 2.24) is 0 Å². The number of carbonyl (C=O) groups excluding carboxylic acids is 3. The highest BCUT2D eigenvalue weighted by Gasteiger charge is 2.07. The molecule has 0 atom stereocenters. The minimum absolute atomic E-state index is 0.0708. The highest BCUT2D eigenvalue weighted by atomic mass is 35.5. The molecule has 0 radical (unpaired) electrons. The maximum absolute atomic E-state index is 10.6. The summed E-state index contributed by atoms with van der Waals surface area (Å²) in [5.74, 6) is -0.282. The van der Waals surface area contributed by atoms with Gasteiger partial charge in [-0.3, -0.25) is 14.4 Å². The van der Waals surface area contributed by atoms with Gasteiger partial charge in [-0.2, -0.15) is 0 Å². The molecule has 0 saturated heterocycles. The zero-order valence-electron chi connectivity index (χ0n) is 11.6. The third kappa shape index (κ3) is 6.57. The van der Waals surface area contributed by atoms with E-state index in [1.54, 1.807) is 12.1 Å². The molecule has 0 aliphatic heterocycles. The average molecular weight is 379 g/mol. The van der Waals surface area contributed by atoms with Crippen molar-refractivity contribution in [3.63, 3.8) is 0 Å². The van der Waals surface area contributed by atoms with Gasteiger partial charge in [0, 0.05) is 13.8 Å². The predicted octanol–water partition coefficient (Wildman–Crippen LogP) is 4.53. The van der Waals surface area contributed by atoms with Crippen LogP contribution in [-0.4, -0.2) is 18.1 Å². The van der Waals surface area contributed by atoms with Gasteiger partial charge in [-0.25, -0.2) is 0 Å². The molecular weight excluding hydrogens is 367 g/mol. The van der Waals surface area contributed by atoms with E-state index in [-0.39, 0.29) is 11.8 Å². The second-order valence-corrected chi connectivity index (χ2v) is 7.32. The topological polar surface area (TPSA) is 75.3 Å². The summed E-state index contributed by atoms with van der Waals surface area (Å²) in [6, 6.07) is 5.04. The van der Waals surface area contributed by atoms with Gasteiger partial charge in [0.05, 0.1) is 19.2 Å². The Balaban J connectivity index is 0.000000224. The van der Waals surface area contributed by atoms with Crippen LogP contribution in [0.15, 0.2) is 18.2 Å². The number of thiophene rings is 2. The third-order valence-corrected chi connectivity index (χ3v) is 4.36. The van der Waals surface area contributed by atoms with E-state index in [9.17, 15) is 14.4 Å². The Labute approximate surface area is 145 Å². The largest absolute Gasteiger partial charge is 0.318 e. The first-order chi connectivity index (χ1) is 10.3. The SMILES string of the molecule is CC(=O)Nc1ccc(Cl)s1.CC(=O)Nc1sc(Cl)cc1C=O. The van der Waals surface area contributed by atoms with Crippen molar-refractivity contribution < 1.29 is 14.4 Å². The number of rotatable bonds is 3. The van der Waals surface area contributed by atoms with Crippen molar-refractivity contribution in [2.24, 2.45) is 0 Å². The lowest BCUT2D eigenvalue weighted by molar-refractivity contribution is -0.115. The minimum Gasteiger partial charge on any atom is -0.318 e. The number of nitrogens with one attached hydrogen (secondary N) is 2. The maximum atomic E-state index is 10.6. The fraction of sp³-hybridized carbons (Fsp3) is 0.154. The van der Waals surface area contributed by atoms with Crippen LogP contribution in [0, 0.1) is 0 Å². The van der Waals surface area contributed by atoms with Crippen LogP contribution in [0.1, 0.15) is 24.2 Å². The van der Waals surface area contributed by atoms with Crippen LogP contribution in [0.5, 0.6) is 0 Å². The zero-order chi connectivity index (χ0) is 16.7. The van der Waals surface area contributed by atoms with Gasteiger partial charge in [0.1, 0.15) is 5.00 Å². The van der Waals surface area contributed by atoms with Gasteiger partial charge in [-0.15, -0.1) is 22.7 Å². The first-order valence-electron chi connectivity index (χ1n) is 5.87. The van der Waals surface area contributed by atoms with E-state index in [1.165, 1.54) is 42.6 Å². The van der Waals surface area contributed by atoms with Crippen molar-refractivity contribution in [3.05, 3.63) is 32.4 Å². The molecule has 2 heterocycles. The number of hydrogen-bond donors (Lipinski definition) is 2. The van der Waals surface area contributed by atoms with Crippen molar-refractivity contribution in [3.8, 4) is 0 Å². The molecule has 118 valence electrons. The molecule has 2 amide bonds. The van der Waals surface area contributed by atoms with Gasteiger partial charge in [0.2, 0.25) is 11.8 Å². The van der Waals surface area contributed by atoms with E-state index >= 15 is 0 Å². The van der Waals surface area contributed by atoms with Crippen LogP contribution in [0.2, 0.25) is 8.67 Å². The Kier molecular flexibility index (Phi) is 7.53. The number of halogens is 2. The van der Waals surface area contributed by atoms with Crippen molar-refractivity contribution >= 4 is 74.0 Å². The fourth-order valence-corrected chi connectivity index (χ4v) is 3.41. The first kappa shape index (κ1) is 18.6. The first-order valence-corrected chi connectivity index (χ1v) is 8.25. The monoisotopic (exact) mass is 378 g/mol. The summed E-state index contributed by atoms with van der Waals surface area (Å²) >= 11 is 13.8. The lowest BCUT2D eigenvalue weighted by Crippen LogP contribution is -2.05. The molecule has 22 heavy (non-hydrogen) atoms. The van der Waals surface area contributed by atoms with Crippen molar-refractivity contribution in [2.45, 2.75) is 13.8 Å². The van der Waals surface area contributed by atoms with E-state index in [2.05, 4.69) is 10.6 Å². The number of anilines is 2. The molecule has 0 unspecified atom stereocenters. The van der Waals surface area contributed by atoms with Crippen LogP contribution >= 0.6 is 45.9 Å². The van der Waals surface area contributed by atoms with Crippen LogP contribution < -0.4 is 10.6 Å². The average Bonchev–Trinajstić information content (AvgIpc) is 2.95. The molecule has 0 bridgehead atoms. The Morgan fingerprint density at radius 1 is 1.05 bits per heavy atom. The minimum atomic E-state index is -0.211. The van der Waals surface area contributed by atoms with E-state index in [1.807, 2.05) is 0 Å². The van der Waals surface area contributed by atoms with Crippen molar-refractivity contribution in [1.29, 1.82) is 0 Å². The molecule has 0 saturated carbocycles. The number of carbonyl (C=O) groups is 3. The third-order valence-electron chi connectivity index (χ3n) is 2.02. The number of hydrogen-bond acceptors (Lipinski definition) is 5. The number of amides is 2. The van der Waals surface area contributed by atoms with Gasteiger partial charge in [0.15, 0.2) is 6.29 Å². The van der Waals surface area contributed by atoms with Crippen LogP contribution in [0.3, 0.4) is 0 Å². The Bertz CT molecular complexity index is 683. The molecule has 0 spiro atoms. The van der Waals surface area contributed by atoms with Gasteiger partial charge in [-0.1, -0.05) is 23.2 Å². The zero-order valence-corrected chi connectivity index (χ0v) is 14.8. The highest BCUT2D eigenvalue weighted by Crippen LogP contribution is 2.30. The normalized spacial score (nSPS) is 9.45. The Morgan fingerprint density at radius 3 is 2.14 bits per heavy atom. The van der Waals surface area contributed by atoms with Crippen LogP contribution in [0.4, 0.5) is 10.0 Å². The van der Waals surface area contributed by atoms with Gasteiger partial charge in [-0.05, 0) is 18.2 Å². The van der Waals surface area contributed by atoms with E-state index < -0.39 is 0 Å².